The summed E-state index contributed by atoms with van der Waals surface area (Å²) in [4.78, 5) is 1.04. The van der Waals surface area contributed by atoms with Gasteiger partial charge in [-0.15, -0.1) is 12.6 Å². The number of alkyl halides is 3. The summed E-state index contributed by atoms with van der Waals surface area (Å²) in [6.07, 6.45) is 1.16. The first kappa shape index (κ1) is 26.7. The minimum absolute atomic E-state index is 0.737. The number of benzene rings is 3. The highest BCUT2D eigenvalue weighted by Gasteiger charge is 2.44. The third-order valence-corrected chi connectivity index (χ3v) is 4.64. The summed E-state index contributed by atoms with van der Waals surface area (Å²) in [5.41, 5.74) is -1.58. The fourth-order valence-electron chi connectivity index (χ4n) is 2.36. The molecule has 0 aromatic heterocycles. The Morgan fingerprint density at radius 2 is 1.16 bits per heavy atom. The standard InChI is InChI=1S/C12H10.C10H14S.CHF3O3S/c1-3-7-11(8-4-1)12-9-5-2-6-10-12;1-8(2)7-9-3-5-10(11)6-4-9;2-1(3,4)8(5,6)7/h1-10H;3-6,8,11H,7H2,1-2H3;(H,5,6,7). The Balaban J connectivity index is 0.000000238. The molecule has 0 heterocycles. The molecule has 0 aliphatic rings. The predicted molar refractivity (Wildman–Crippen MR) is 122 cm³/mol. The third-order valence-electron chi connectivity index (χ3n) is 3.75. The van der Waals surface area contributed by atoms with Crippen molar-refractivity contribution in [3.8, 4) is 11.1 Å². The highest BCUT2D eigenvalue weighted by atomic mass is 32.2. The van der Waals surface area contributed by atoms with Gasteiger partial charge in [0.25, 0.3) is 0 Å². The molecular weight excluding hydrogens is 445 g/mol. The third kappa shape index (κ3) is 11.1. The van der Waals surface area contributed by atoms with Gasteiger partial charge in [0.1, 0.15) is 0 Å². The minimum atomic E-state index is -5.84. The van der Waals surface area contributed by atoms with E-state index >= 15 is 0 Å². The SMILES string of the molecule is CC(C)Cc1ccc(S)cc1.O=S(=O)(O)C(F)(F)F.c1ccc(-c2ccccc2)cc1. The van der Waals surface area contributed by atoms with Gasteiger partial charge >= 0.3 is 15.6 Å². The Labute approximate surface area is 187 Å². The van der Waals surface area contributed by atoms with Gasteiger partial charge in [-0.25, -0.2) is 0 Å². The van der Waals surface area contributed by atoms with Crippen LogP contribution in [0.2, 0.25) is 0 Å². The second kappa shape index (κ2) is 12.5. The van der Waals surface area contributed by atoms with Crippen molar-refractivity contribution < 1.29 is 26.1 Å². The van der Waals surface area contributed by atoms with Gasteiger partial charge in [-0.2, -0.15) is 21.6 Å². The molecule has 31 heavy (non-hydrogen) atoms. The van der Waals surface area contributed by atoms with E-state index in [4.69, 9.17) is 13.0 Å². The lowest BCUT2D eigenvalue weighted by atomic mass is 10.0. The van der Waals surface area contributed by atoms with Crippen LogP contribution in [-0.2, 0) is 16.5 Å². The van der Waals surface area contributed by atoms with Crippen molar-refractivity contribution in [2.75, 3.05) is 0 Å². The van der Waals surface area contributed by atoms with Gasteiger partial charge in [-0.05, 0) is 41.2 Å². The molecule has 1 N–H and O–H groups in total. The molecule has 0 atom stereocenters. The quantitative estimate of drug-likeness (QED) is 0.248. The molecule has 3 nitrogen and oxygen atoms in total. The zero-order valence-electron chi connectivity index (χ0n) is 17.1. The molecule has 0 saturated heterocycles. The van der Waals surface area contributed by atoms with Crippen LogP contribution < -0.4 is 0 Å². The van der Waals surface area contributed by atoms with Gasteiger partial charge in [0.2, 0.25) is 0 Å². The largest absolute Gasteiger partial charge is 0.522 e. The van der Waals surface area contributed by atoms with E-state index in [0.717, 1.165) is 17.2 Å². The predicted octanol–water partition coefficient (Wildman–Crippen LogP) is 6.92. The first-order chi connectivity index (χ1) is 14.4. The molecule has 3 aromatic carbocycles. The van der Waals surface area contributed by atoms with Crippen LogP contribution in [0, 0.1) is 5.92 Å². The highest BCUT2D eigenvalue weighted by molar-refractivity contribution is 7.86. The Kier molecular flexibility index (Phi) is 10.8. The fourth-order valence-corrected chi connectivity index (χ4v) is 2.51. The maximum absolute atomic E-state index is 10.7. The maximum Gasteiger partial charge on any atom is 0.522 e. The second-order valence-electron chi connectivity index (χ2n) is 6.92. The molecule has 8 heteroatoms. The second-order valence-corrected chi connectivity index (χ2v) is 8.85. The Morgan fingerprint density at radius 3 is 1.45 bits per heavy atom. The van der Waals surface area contributed by atoms with Crippen LogP contribution in [0.4, 0.5) is 13.2 Å². The zero-order valence-corrected chi connectivity index (χ0v) is 18.8. The summed E-state index contributed by atoms with van der Waals surface area (Å²) in [6, 6.07) is 29.1. The van der Waals surface area contributed by atoms with Crippen molar-refractivity contribution in [1.29, 1.82) is 0 Å². The lowest BCUT2D eigenvalue weighted by Gasteiger charge is -2.03. The average Bonchev–Trinajstić information content (AvgIpc) is 2.70. The lowest BCUT2D eigenvalue weighted by Crippen LogP contribution is -2.21. The molecule has 3 aromatic rings. The van der Waals surface area contributed by atoms with Crippen LogP contribution in [0.3, 0.4) is 0 Å². The topological polar surface area (TPSA) is 54.4 Å². The van der Waals surface area contributed by atoms with E-state index < -0.39 is 15.6 Å². The monoisotopic (exact) mass is 470 g/mol. The van der Waals surface area contributed by atoms with Crippen LogP contribution in [0.1, 0.15) is 19.4 Å². The van der Waals surface area contributed by atoms with Crippen LogP contribution in [0.15, 0.2) is 89.8 Å². The Bertz CT molecular complexity index is 950. The van der Waals surface area contributed by atoms with E-state index in [0.29, 0.717) is 0 Å². The number of halogens is 3. The normalized spacial score (nSPS) is 11.1. The van der Waals surface area contributed by atoms with Crippen LogP contribution in [0.25, 0.3) is 11.1 Å². The van der Waals surface area contributed by atoms with Crippen molar-refractivity contribution in [2.24, 2.45) is 5.92 Å². The molecule has 0 fully saturated rings. The van der Waals surface area contributed by atoms with Crippen molar-refractivity contribution in [2.45, 2.75) is 30.7 Å². The summed E-state index contributed by atoms with van der Waals surface area (Å²) in [5, 5.41) is 0. The van der Waals surface area contributed by atoms with Crippen LogP contribution in [-0.4, -0.2) is 18.5 Å². The molecule has 0 aliphatic heterocycles. The van der Waals surface area contributed by atoms with Crippen LogP contribution >= 0.6 is 12.6 Å². The first-order valence-electron chi connectivity index (χ1n) is 9.32. The summed E-state index contributed by atoms with van der Waals surface area (Å²) in [6.45, 7) is 4.46. The molecule has 0 bridgehead atoms. The van der Waals surface area contributed by atoms with Crippen molar-refractivity contribution in [1.82, 2.24) is 0 Å². The number of hydrogen-bond donors (Lipinski definition) is 2. The highest BCUT2D eigenvalue weighted by Crippen LogP contribution is 2.20. The molecule has 0 aliphatic carbocycles. The number of rotatable bonds is 3. The molecule has 3 rings (SSSR count). The van der Waals surface area contributed by atoms with Crippen molar-refractivity contribution >= 4 is 22.7 Å². The number of thiol groups is 1. The van der Waals surface area contributed by atoms with Gasteiger partial charge in [-0.3, -0.25) is 4.55 Å². The Morgan fingerprint density at radius 1 is 0.806 bits per heavy atom. The van der Waals surface area contributed by atoms with Crippen molar-refractivity contribution in [3.05, 3.63) is 90.5 Å². The summed E-state index contributed by atoms with van der Waals surface area (Å²) in [5.74, 6) is 0.737. The molecule has 0 amide bonds. The molecule has 0 unspecified atom stereocenters. The van der Waals surface area contributed by atoms with E-state index in [2.05, 4.69) is 87.1 Å². The van der Waals surface area contributed by atoms with Crippen molar-refractivity contribution in [3.63, 3.8) is 0 Å². The smallest absolute Gasteiger partial charge is 0.279 e. The summed E-state index contributed by atoms with van der Waals surface area (Å²) in [7, 11) is -5.84. The van der Waals surface area contributed by atoms with Gasteiger partial charge in [0.05, 0.1) is 0 Å². The van der Waals surface area contributed by atoms with Gasteiger partial charge < -0.3 is 0 Å². The lowest BCUT2D eigenvalue weighted by molar-refractivity contribution is -0.0510. The molecule has 168 valence electrons. The first-order valence-corrected chi connectivity index (χ1v) is 11.2. The van der Waals surface area contributed by atoms with E-state index in [-0.39, 0.29) is 0 Å². The molecular formula is C23H25F3O3S2. The number of hydrogen-bond acceptors (Lipinski definition) is 3. The average molecular weight is 471 g/mol. The van der Waals surface area contributed by atoms with E-state index in [1.807, 2.05) is 24.3 Å². The maximum atomic E-state index is 10.7. The van der Waals surface area contributed by atoms with E-state index in [1.165, 1.54) is 16.7 Å². The zero-order chi connectivity index (χ0) is 23.5. The Hall–Kier alpha value is -2.29. The molecule has 0 saturated carbocycles. The summed E-state index contributed by atoms with van der Waals surface area (Å²) < 4.78 is 57.5. The minimum Gasteiger partial charge on any atom is -0.279 e. The molecule has 0 radical (unpaired) electrons. The summed E-state index contributed by atoms with van der Waals surface area (Å²) >= 11 is 4.22. The van der Waals surface area contributed by atoms with E-state index in [1.54, 1.807) is 0 Å². The van der Waals surface area contributed by atoms with Gasteiger partial charge in [0, 0.05) is 4.90 Å². The fraction of sp³-hybridized carbons (Fsp3) is 0.217. The van der Waals surface area contributed by atoms with Gasteiger partial charge in [0.15, 0.2) is 0 Å². The van der Waals surface area contributed by atoms with E-state index in [9.17, 15) is 13.2 Å². The van der Waals surface area contributed by atoms with Crippen LogP contribution in [0.5, 0.6) is 0 Å². The molecule has 0 spiro atoms. The van der Waals surface area contributed by atoms with Gasteiger partial charge in [-0.1, -0.05) is 86.6 Å².